The van der Waals surface area contributed by atoms with Gasteiger partial charge in [-0.1, -0.05) is 29.8 Å². The van der Waals surface area contributed by atoms with E-state index in [9.17, 15) is 14.7 Å². The fraction of sp³-hybridized carbons (Fsp3) is 0.185. The molecule has 174 valence electrons. The van der Waals surface area contributed by atoms with Crippen LogP contribution in [0.5, 0.6) is 11.5 Å². The zero-order chi connectivity index (χ0) is 24.6. The standard InChI is InChI=1S/C27H24ClNO5/c1-15-5-9-19(13-16(15)2)29-24(17-6-10-20(33-3)11-7-17)23(26(31)27(29)32)25(30)18-8-12-22(34-4)21(28)14-18/h5-14,24,30H,1-4H3/b25-23+. The van der Waals surface area contributed by atoms with Gasteiger partial charge >= 0.3 is 0 Å². The van der Waals surface area contributed by atoms with E-state index in [2.05, 4.69) is 0 Å². The van der Waals surface area contributed by atoms with Crippen molar-refractivity contribution in [3.8, 4) is 11.5 Å². The van der Waals surface area contributed by atoms with Gasteiger partial charge in [-0.15, -0.1) is 0 Å². The van der Waals surface area contributed by atoms with Crippen LogP contribution >= 0.6 is 11.6 Å². The average molecular weight is 478 g/mol. The molecule has 0 aliphatic carbocycles. The molecule has 0 spiro atoms. The van der Waals surface area contributed by atoms with E-state index in [0.717, 1.165) is 11.1 Å². The molecule has 1 aliphatic heterocycles. The molecule has 0 radical (unpaired) electrons. The lowest BCUT2D eigenvalue weighted by Gasteiger charge is -2.26. The van der Waals surface area contributed by atoms with Gasteiger partial charge < -0.3 is 14.6 Å². The van der Waals surface area contributed by atoms with Crippen molar-refractivity contribution >= 4 is 34.7 Å². The van der Waals surface area contributed by atoms with E-state index in [1.165, 1.54) is 18.1 Å². The summed E-state index contributed by atoms with van der Waals surface area (Å²) in [6, 6.07) is 16.5. The summed E-state index contributed by atoms with van der Waals surface area (Å²) in [4.78, 5) is 28.0. The monoisotopic (exact) mass is 477 g/mol. The highest BCUT2D eigenvalue weighted by Crippen LogP contribution is 2.43. The SMILES string of the molecule is COc1ccc(C2/C(=C(\O)c3ccc(OC)c(Cl)c3)C(=O)C(=O)N2c2ccc(C)c(C)c2)cc1. The van der Waals surface area contributed by atoms with Gasteiger partial charge in [0.25, 0.3) is 11.7 Å². The number of nitrogens with zero attached hydrogens (tertiary/aromatic N) is 1. The number of aliphatic hydroxyl groups excluding tert-OH is 1. The van der Waals surface area contributed by atoms with Gasteiger partial charge in [-0.3, -0.25) is 14.5 Å². The fourth-order valence-corrected chi connectivity index (χ4v) is 4.30. The summed E-state index contributed by atoms with van der Waals surface area (Å²) >= 11 is 6.25. The Hall–Kier alpha value is -3.77. The third kappa shape index (κ3) is 4.01. The van der Waals surface area contributed by atoms with Crippen molar-refractivity contribution in [2.75, 3.05) is 19.1 Å². The second-order valence-corrected chi connectivity index (χ2v) is 8.47. The first kappa shape index (κ1) is 23.4. The summed E-state index contributed by atoms with van der Waals surface area (Å²) in [7, 11) is 3.04. The molecule has 3 aromatic carbocycles. The molecule has 7 heteroatoms. The third-order valence-electron chi connectivity index (χ3n) is 6.07. The van der Waals surface area contributed by atoms with Crippen molar-refractivity contribution in [1.82, 2.24) is 0 Å². The first-order chi connectivity index (χ1) is 16.3. The minimum atomic E-state index is -0.839. The highest BCUT2D eigenvalue weighted by Gasteiger charge is 2.47. The molecule has 1 amide bonds. The first-order valence-electron chi connectivity index (χ1n) is 10.6. The van der Waals surface area contributed by atoms with Crippen LogP contribution in [0.1, 0.15) is 28.3 Å². The number of amides is 1. The minimum Gasteiger partial charge on any atom is -0.507 e. The van der Waals surface area contributed by atoms with Crippen LogP contribution in [0.15, 0.2) is 66.2 Å². The van der Waals surface area contributed by atoms with E-state index in [-0.39, 0.29) is 16.4 Å². The van der Waals surface area contributed by atoms with E-state index in [1.54, 1.807) is 49.6 Å². The number of ketones is 1. The summed E-state index contributed by atoms with van der Waals surface area (Å²) in [5.74, 6) is -0.738. The molecule has 0 saturated carbocycles. The third-order valence-corrected chi connectivity index (χ3v) is 6.37. The van der Waals surface area contributed by atoms with Gasteiger partial charge in [-0.2, -0.15) is 0 Å². The van der Waals surface area contributed by atoms with Crippen molar-refractivity contribution in [2.45, 2.75) is 19.9 Å². The normalized spacial score (nSPS) is 17.2. The number of aryl methyl sites for hydroxylation is 2. The van der Waals surface area contributed by atoms with Crippen molar-refractivity contribution < 1.29 is 24.2 Å². The van der Waals surface area contributed by atoms with Gasteiger partial charge in [0.05, 0.1) is 30.9 Å². The fourth-order valence-electron chi connectivity index (χ4n) is 4.05. The Morgan fingerprint density at radius 3 is 2.21 bits per heavy atom. The molecular weight excluding hydrogens is 454 g/mol. The molecule has 6 nitrogen and oxygen atoms in total. The summed E-state index contributed by atoms with van der Waals surface area (Å²) in [6.07, 6.45) is 0. The number of hydrogen-bond acceptors (Lipinski definition) is 5. The van der Waals surface area contributed by atoms with Crippen LogP contribution in [-0.2, 0) is 9.59 Å². The predicted octanol–water partition coefficient (Wildman–Crippen LogP) is 5.60. The number of aliphatic hydroxyl groups is 1. The van der Waals surface area contributed by atoms with Crippen LogP contribution < -0.4 is 14.4 Å². The van der Waals surface area contributed by atoms with Gasteiger partial charge in [-0.05, 0) is 73.0 Å². The quantitative estimate of drug-likeness (QED) is 0.294. The second-order valence-electron chi connectivity index (χ2n) is 8.06. The van der Waals surface area contributed by atoms with Crippen LogP contribution in [0, 0.1) is 13.8 Å². The van der Waals surface area contributed by atoms with Crippen molar-refractivity contribution in [3.63, 3.8) is 0 Å². The molecule has 1 saturated heterocycles. The molecular formula is C27H24ClNO5. The highest BCUT2D eigenvalue weighted by atomic mass is 35.5. The van der Waals surface area contributed by atoms with E-state index in [0.29, 0.717) is 28.3 Å². The molecule has 34 heavy (non-hydrogen) atoms. The minimum absolute atomic E-state index is 0.0189. The van der Waals surface area contributed by atoms with Gasteiger partial charge in [0.15, 0.2) is 0 Å². The number of hydrogen-bond donors (Lipinski definition) is 1. The molecule has 1 atom stereocenters. The Kier molecular flexibility index (Phi) is 6.35. The number of benzene rings is 3. The summed E-state index contributed by atoms with van der Waals surface area (Å²) in [6.45, 7) is 3.92. The second kappa shape index (κ2) is 9.23. The summed E-state index contributed by atoms with van der Waals surface area (Å²) < 4.78 is 10.4. The topological polar surface area (TPSA) is 76.1 Å². The van der Waals surface area contributed by atoms with Crippen LogP contribution in [0.4, 0.5) is 5.69 Å². The van der Waals surface area contributed by atoms with Crippen LogP contribution in [0.2, 0.25) is 5.02 Å². The van der Waals surface area contributed by atoms with Crippen molar-refractivity contribution in [1.29, 1.82) is 0 Å². The molecule has 0 aromatic heterocycles. The molecule has 3 aromatic rings. The number of carbonyl (C=O) groups excluding carboxylic acids is 2. The van der Waals surface area contributed by atoms with Gasteiger partial charge in [0.1, 0.15) is 17.3 Å². The Bertz CT molecular complexity index is 1310. The number of Topliss-reactive ketones (excluding diaryl/α,β-unsaturated/α-hetero) is 1. The zero-order valence-electron chi connectivity index (χ0n) is 19.3. The predicted molar refractivity (Wildman–Crippen MR) is 132 cm³/mol. The lowest BCUT2D eigenvalue weighted by atomic mass is 9.95. The van der Waals surface area contributed by atoms with E-state index >= 15 is 0 Å². The largest absolute Gasteiger partial charge is 0.507 e. The number of methoxy groups -OCH3 is 2. The van der Waals surface area contributed by atoms with Crippen molar-refractivity contribution in [2.24, 2.45) is 0 Å². The van der Waals surface area contributed by atoms with Crippen LogP contribution in [-0.4, -0.2) is 31.0 Å². The zero-order valence-corrected chi connectivity index (χ0v) is 20.0. The molecule has 1 heterocycles. The number of carbonyl (C=O) groups is 2. The maximum atomic E-state index is 13.3. The van der Waals surface area contributed by atoms with E-state index in [1.807, 2.05) is 26.0 Å². The van der Waals surface area contributed by atoms with Crippen LogP contribution in [0.25, 0.3) is 5.76 Å². The summed E-state index contributed by atoms with van der Waals surface area (Å²) in [5, 5.41) is 11.5. The number of ether oxygens (including phenoxy) is 2. The first-order valence-corrected chi connectivity index (χ1v) is 11.0. The smallest absolute Gasteiger partial charge is 0.300 e. The number of rotatable bonds is 5. The molecule has 1 N–H and O–H groups in total. The molecule has 1 unspecified atom stereocenters. The van der Waals surface area contributed by atoms with Gasteiger partial charge in [0.2, 0.25) is 0 Å². The Balaban J connectivity index is 1.94. The lowest BCUT2D eigenvalue weighted by Crippen LogP contribution is -2.29. The molecule has 4 rings (SSSR count). The Morgan fingerprint density at radius 2 is 1.62 bits per heavy atom. The van der Waals surface area contributed by atoms with E-state index < -0.39 is 17.7 Å². The summed E-state index contributed by atoms with van der Waals surface area (Å²) in [5.41, 5.74) is 3.55. The van der Waals surface area contributed by atoms with E-state index in [4.69, 9.17) is 21.1 Å². The maximum absolute atomic E-state index is 13.3. The van der Waals surface area contributed by atoms with Gasteiger partial charge in [0, 0.05) is 11.3 Å². The average Bonchev–Trinajstić information content (AvgIpc) is 3.10. The highest BCUT2D eigenvalue weighted by molar-refractivity contribution is 6.51. The molecule has 1 aliphatic rings. The molecule has 0 bridgehead atoms. The van der Waals surface area contributed by atoms with Crippen LogP contribution in [0.3, 0.4) is 0 Å². The van der Waals surface area contributed by atoms with Crippen molar-refractivity contribution in [3.05, 3.63) is 93.5 Å². The Morgan fingerprint density at radius 1 is 0.912 bits per heavy atom. The lowest BCUT2D eigenvalue weighted by molar-refractivity contribution is -0.132. The number of halogens is 1. The number of anilines is 1. The Labute approximate surface area is 203 Å². The van der Waals surface area contributed by atoms with Gasteiger partial charge in [-0.25, -0.2) is 0 Å². The molecule has 1 fully saturated rings. The maximum Gasteiger partial charge on any atom is 0.300 e.